The van der Waals surface area contributed by atoms with Crippen LogP contribution in [0.5, 0.6) is 0 Å². The molecule has 158 valence electrons. The molecule has 1 fully saturated rings. The zero-order chi connectivity index (χ0) is 21.0. The van der Waals surface area contributed by atoms with E-state index in [-0.39, 0.29) is 35.8 Å². The van der Waals surface area contributed by atoms with Crippen LogP contribution in [0.1, 0.15) is 18.4 Å². The van der Waals surface area contributed by atoms with Crippen LogP contribution in [0.3, 0.4) is 0 Å². The number of rotatable bonds is 8. The fourth-order valence-electron chi connectivity index (χ4n) is 3.45. The van der Waals surface area contributed by atoms with E-state index in [2.05, 4.69) is 10.3 Å². The first-order valence-corrected chi connectivity index (χ1v) is 10.9. The van der Waals surface area contributed by atoms with E-state index in [1.165, 1.54) is 29.0 Å². The van der Waals surface area contributed by atoms with Gasteiger partial charge in [0.1, 0.15) is 5.82 Å². The Labute approximate surface area is 169 Å². The molecule has 2 atom stereocenters. The van der Waals surface area contributed by atoms with Crippen LogP contribution in [0.4, 0.5) is 4.39 Å². The first-order valence-electron chi connectivity index (χ1n) is 9.42. The third-order valence-electron chi connectivity index (χ3n) is 4.96. The highest BCUT2D eigenvalue weighted by Gasteiger charge is 2.44. The van der Waals surface area contributed by atoms with E-state index in [4.69, 9.17) is 4.74 Å². The van der Waals surface area contributed by atoms with Crippen LogP contribution >= 0.6 is 0 Å². The first-order chi connectivity index (χ1) is 13.8. The van der Waals surface area contributed by atoms with Crippen LogP contribution in [-0.4, -0.2) is 61.0 Å². The Morgan fingerprint density at radius 3 is 2.66 bits per heavy atom. The monoisotopic (exact) mass is 424 g/mol. The lowest BCUT2D eigenvalue weighted by Crippen LogP contribution is -2.37. The third-order valence-corrected chi connectivity index (χ3v) is 6.67. The number of halogens is 1. The normalized spacial score (nSPS) is 20.1. The molecular formula is C19H25FN4O4S. The van der Waals surface area contributed by atoms with E-state index in [1.807, 2.05) is 6.92 Å². The molecule has 2 aromatic rings. The highest BCUT2D eigenvalue weighted by Crippen LogP contribution is 2.35. The van der Waals surface area contributed by atoms with Crippen molar-refractivity contribution in [3.63, 3.8) is 0 Å². The molecular weight excluding hydrogens is 399 g/mol. The van der Waals surface area contributed by atoms with Gasteiger partial charge in [-0.1, -0.05) is 12.1 Å². The first kappa shape index (κ1) is 21.4. The highest BCUT2D eigenvalue weighted by atomic mass is 32.2. The van der Waals surface area contributed by atoms with Crippen LogP contribution in [0.15, 0.2) is 41.8 Å². The molecule has 29 heavy (non-hydrogen) atoms. The van der Waals surface area contributed by atoms with Gasteiger partial charge in [-0.05, 0) is 24.6 Å². The van der Waals surface area contributed by atoms with E-state index >= 15 is 0 Å². The number of imidazole rings is 1. The summed E-state index contributed by atoms with van der Waals surface area (Å²) in [5.74, 6) is -1.62. The average molecular weight is 424 g/mol. The van der Waals surface area contributed by atoms with Gasteiger partial charge in [0.2, 0.25) is 5.91 Å². The molecule has 1 N–H and O–H groups in total. The van der Waals surface area contributed by atoms with Crippen molar-refractivity contribution in [3.05, 3.63) is 48.2 Å². The number of nitrogens with zero attached hydrogens (tertiary/aromatic N) is 3. The number of nitrogens with one attached hydrogen (secondary N) is 1. The van der Waals surface area contributed by atoms with Crippen LogP contribution in [0.25, 0.3) is 0 Å². The number of hydrogen-bond acceptors (Lipinski definition) is 5. The van der Waals surface area contributed by atoms with Crippen molar-refractivity contribution in [2.24, 2.45) is 13.0 Å². The molecule has 1 saturated heterocycles. The van der Waals surface area contributed by atoms with Crippen molar-refractivity contribution < 1.29 is 22.3 Å². The Hall–Kier alpha value is -2.30. The summed E-state index contributed by atoms with van der Waals surface area (Å²) >= 11 is 0. The second kappa shape index (κ2) is 9.02. The lowest BCUT2D eigenvalue weighted by molar-refractivity contribution is -0.125. The average Bonchev–Trinajstić information content (AvgIpc) is 3.33. The van der Waals surface area contributed by atoms with Gasteiger partial charge >= 0.3 is 0 Å². The maximum Gasteiger partial charge on any atom is 0.262 e. The smallest absolute Gasteiger partial charge is 0.262 e. The Bertz CT molecular complexity index is 945. The molecule has 1 amide bonds. The molecule has 1 aromatic carbocycles. The molecule has 0 aliphatic carbocycles. The molecule has 3 rings (SSSR count). The molecule has 0 radical (unpaired) electrons. The lowest BCUT2D eigenvalue weighted by Gasteiger charge is -2.18. The molecule has 0 bridgehead atoms. The van der Waals surface area contributed by atoms with Crippen molar-refractivity contribution in [3.8, 4) is 0 Å². The summed E-state index contributed by atoms with van der Waals surface area (Å²) < 4.78 is 47.4. The molecule has 10 heteroatoms. The van der Waals surface area contributed by atoms with Gasteiger partial charge in [0.05, 0.1) is 18.9 Å². The maximum absolute atomic E-state index is 13.3. The summed E-state index contributed by atoms with van der Waals surface area (Å²) in [6, 6.07) is 5.82. The van der Waals surface area contributed by atoms with Crippen LogP contribution < -0.4 is 5.32 Å². The highest BCUT2D eigenvalue weighted by molar-refractivity contribution is 7.89. The van der Waals surface area contributed by atoms with Crippen molar-refractivity contribution >= 4 is 15.9 Å². The topological polar surface area (TPSA) is 93.5 Å². The van der Waals surface area contributed by atoms with Crippen LogP contribution in [-0.2, 0) is 26.6 Å². The molecule has 1 aliphatic heterocycles. The minimum atomic E-state index is -3.84. The molecule has 0 unspecified atom stereocenters. The molecule has 1 aliphatic rings. The third kappa shape index (κ3) is 4.82. The van der Waals surface area contributed by atoms with Gasteiger partial charge in [0, 0.05) is 45.4 Å². The largest absolute Gasteiger partial charge is 0.380 e. The van der Waals surface area contributed by atoms with Crippen molar-refractivity contribution in [2.75, 3.05) is 32.8 Å². The molecule has 0 spiro atoms. The Balaban J connectivity index is 1.83. The summed E-state index contributed by atoms with van der Waals surface area (Å²) in [5, 5.41) is 2.75. The van der Waals surface area contributed by atoms with Crippen molar-refractivity contribution in [1.29, 1.82) is 0 Å². The molecule has 8 nitrogen and oxygen atoms in total. The number of hydrogen-bond donors (Lipinski definition) is 1. The maximum atomic E-state index is 13.3. The number of carbonyl (C=O) groups excluding carboxylic acids is 1. The second-order valence-electron chi connectivity index (χ2n) is 6.95. The van der Waals surface area contributed by atoms with Crippen LogP contribution in [0, 0.1) is 11.7 Å². The van der Waals surface area contributed by atoms with Gasteiger partial charge in [-0.2, -0.15) is 4.31 Å². The number of sulfonamides is 1. The Kier molecular flexibility index (Phi) is 6.66. The van der Waals surface area contributed by atoms with E-state index in [1.54, 1.807) is 23.7 Å². The number of aryl methyl sites for hydroxylation is 1. The quantitative estimate of drug-likeness (QED) is 0.641. The fraction of sp³-hybridized carbons (Fsp3) is 0.474. The summed E-state index contributed by atoms with van der Waals surface area (Å²) in [7, 11) is -2.15. The standard InChI is InChI=1S/C19H25FN4O4S/c1-3-28-9-8-21-19(25)17-11-24(29(26,27)18-12-23(2)13-22-18)10-16(17)14-4-6-15(20)7-5-14/h4-7,12-13,16-17H,3,8-11H2,1-2H3,(H,21,25)/t16-,17+/m0/s1. The second-order valence-corrected chi connectivity index (χ2v) is 8.84. The zero-order valence-corrected chi connectivity index (χ0v) is 17.2. The number of aromatic nitrogens is 2. The zero-order valence-electron chi connectivity index (χ0n) is 16.4. The predicted molar refractivity (Wildman–Crippen MR) is 104 cm³/mol. The molecule has 0 saturated carbocycles. The van der Waals surface area contributed by atoms with Gasteiger partial charge < -0.3 is 14.6 Å². The van der Waals surface area contributed by atoms with Gasteiger partial charge in [0.25, 0.3) is 10.0 Å². The van der Waals surface area contributed by atoms with Crippen molar-refractivity contribution in [1.82, 2.24) is 19.2 Å². The molecule has 2 heterocycles. The Morgan fingerprint density at radius 2 is 2.03 bits per heavy atom. The summed E-state index contributed by atoms with van der Waals surface area (Å²) in [4.78, 5) is 16.7. The number of ether oxygens (including phenoxy) is 1. The van der Waals surface area contributed by atoms with E-state index in [9.17, 15) is 17.6 Å². The number of carbonyl (C=O) groups is 1. The van der Waals surface area contributed by atoms with Gasteiger partial charge in [0.15, 0.2) is 5.03 Å². The van der Waals surface area contributed by atoms with Crippen LogP contribution in [0.2, 0.25) is 0 Å². The number of amides is 1. The summed E-state index contributed by atoms with van der Waals surface area (Å²) in [6.45, 7) is 3.28. The van der Waals surface area contributed by atoms with Crippen molar-refractivity contribution in [2.45, 2.75) is 17.9 Å². The SMILES string of the molecule is CCOCCNC(=O)[C@@H]1CN(S(=O)(=O)c2cn(C)cn2)C[C@H]1c1ccc(F)cc1. The van der Waals surface area contributed by atoms with Gasteiger partial charge in [-0.25, -0.2) is 17.8 Å². The van der Waals surface area contributed by atoms with E-state index in [0.717, 1.165) is 5.56 Å². The predicted octanol–water partition coefficient (Wildman–Crippen LogP) is 1.12. The molecule has 1 aromatic heterocycles. The minimum Gasteiger partial charge on any atom is -0.380 e. The summed E-state index contributed by atoms with van der Waals surface area (Å²) in [5.41, 5.74) is 0.718. The fourth-order valence-corrected chi connectivity index (χ4v) is 4.91. The lowest BCUT2D eigenvalue weighted by atomic mass is 9.88. The summed E-state index contributed by atoms with van der Waals surface area (Å²) in [6.07, 6.45) is 2.84. The van der Waals surface area contributed by atoms with E-state index < -0.39 is 15.9 Å². The van der Waals surface area contributed by atoms with Gasteiger partial charge in [-0.15, -0.1) is 0 Å². The minimum absolute atomic E-state index is 0.0292. The van der Waals surface area contributed by atoms with Gasteiger partial charge in [-0.3, -0.25) is 4.79 Å². The van der Waals surface area contributed by atoms with E-state index in [0.29, 0.717) is 19.8 Å². The number of benzene rings is 1. The Morgan fingerprint density at radius 1 is 1.31 bits per heavy atom.